The summed E-state index contributed by atoms with van der Waals surface area (Å²) in [5.41, 5.74) is -0.243. The lowest BCUT2D eigenvalue weighted by molar-refractivity contribution is -0.137. The number of fused-ring (bicyclic) bond motifs is 2. The zero-order valence-electron chi connectivity index (χ0n) is 22.5. The van der Waals surface area contributed by atoms with E-state index >= 15 is 0 Å². The van der Waals surface area contributed by atoms with Gasteiger partial charge in [-0.15, -0.1) is 0 Å². The van der Waals surface area contributed by atoms with E-state index in [0.717, 1.165) is 22.6 Å². The summed E-state index contributed by atoms with van der Waals surface area (Å²) in [5.74, 6) is 0.276. The maximum absolute atomic E-state index is 13.7. The number of ether oxygens (including phenoxy) is 2. The third-order valence-corrected chi connectivity index (χ3v) is 7.27. The molecule has 0 spiro atoms. The molecular weight excluding hydrogens is 539 g/mol. The molecular formula is C30H26F3N3O5. The van der Waals surface area contributed by atoms with Crippen molar-refractivity contribution in [1.29, 1.82) is 0 Å². The van der Waals surface area contributed by atoms with Crippen molar-refractivity contribution in [2.24, 2.45) is 0 Å². The molecule has 1 aliphatic rings. The van der Waals surface area contributed by atoms with Crippen LogP contribution in [0.5, 0.6) is 11.5 Å². The number of rotatable bonds is 8. The van der Waals surface area contributed by atoms with Crippen LogP contribution in [0, 0.1) is 6.92 Å². The number of hydrogen-bond donors (Lipinski definition) is 0. The molecule has 11 heteroatoms. The number of benzene rings is 3. The topological polar surface area (TPSA) is 90.7 Å². The lowest BCUT2D eigenvalue weighted by atomic mass is 10.0. The molecule has 0 aliphatic carbocycles. The summed E-state index contributed by atoms with van der Waals surface area (Å²) in [6, 6.07) is 13.8. The van der Waals surface area contributed by atoms with E-state index in [1.54, 1.807) is 36.4 Å². The van der Waals surface area contributed by atoms with Crippen molar-refractivity contribution < 1.29 is 32.2 Å². The van der Waals surface area contributed by atoms with Crippen molar-refractivity contribution in [1.82, 2.24) is 14.5 Å². The lowest BCUT2D eigenvalue weighted by Crippen LogP contribution is -2.34. The van der Waals surface area contributed by atoms with E-state index in [9.17, 15) is 27.6 Å². The Labute approximate surface area is 232 Å². The number of carbonyl (C=O) groups excluding carboxylic acids is 2. The van der Waals surface area contributed by atoms with E-state index in [1.165, 1.54) is 25.7 Å². The summed E-state index contributed by atoms with van der Waals surface area (Å²) >= 11 is 0. The van der Waals surface area contributed by atoms with Crippen LogP contribution < -0.4 is 15.0 Å². The van der Waals surface area contributed by atoms with Crippen molar-refractivity contribution in [3.63, 3.8) is 0 Å². The van der Waals surface area contributed by atoms with E-state index in [4.69, 9.17) is 9.47 Å². The summed E-state index contributed by atoms with van der Waals surface area (Å²) in [4.78, 5) is 45.0. The predicted molar refractivity (Wildman–Crippen MR) is 145 cm³/mol. The van der Waals surface area contributed by atoms with Crippen LogP contribution in [0.25, 0.3) is 10.9 Å². The number of amides is 2. The standard InChI is InChI=1S/C30H26F3N3O5/c1-17-22(30(31,32)33)10-9-21-26(17)34-25(13-15-36-27(37)19-6-4-5-7-20(19)28(36)38)35(29(21)39)14-12-18-8-11-23(40-2)24(16-18)41-3/h4-11,16H,12-15H2,1-3H3. The van der Waals surface area contributed by atoms with E-state index in [1.807, 2.05) is 6.07 Å². The van der Waals surface area contributed by atoms with Crippen molar-refractivity contribution >= 4 is 22.7 Å². The Kier molecular flexibility index (Phi) is 7.29. The van der Waals surface area contributed by atoms with Gasteiger partial charge in [0.25, 0.3) is 17.4 Å². The quantitative estimate of drug-likeness (QED) is 0.285. The predicted octanol–water partition coefficient (Wildman–Crippen LogP) is 4.82. The normalized spacial score (nSPS) is 13.2. The number of methoxy groups -OCH3 is 2. The molecule has 0 N–H and O–H groups in total. The Balaban J connectivity index is 1.54. The fourth-order valence-corrected chi connectivity index (χ4v) is 5.13. The van der Waals surface area contributed by atoms with Gasteiger partial charge < -0.3 is 9.47 Å². The first-order valence-corrected chi connectivity index (χ1v) is 12.8. The molecule has 0 radical (unpaired) electrons. The van der Waals surface area contributed by atoms with Gasteiger partial charge in [0.15, 0.2) is 11.5 Å². The Hall–Kier alpha value is -4.67. The lowest BCUT2D eigenvalue weighted by Gasteiger charge is -2.19. The molecule has 4 aromatic rings. The number of alkyl halides is 3. The average molecular weight is 566 g/mol. The van der Waals surface area contributed by atoms with Crippen LogP contribution in [0.3, 0.4) is 0 Å². The average Bonchev–Trinajstić information content (AvgIpc) is 3.20. The van der Waals surface area contributed by atoms with Crippen LogP contribution in [0.15, 0.2) is 59.4 Å². The molecule has 2 amide bonds. The van der Waals surface area contributed by atoms with Gasteiger partial charge in [-0.2, -0.15) is 13.2 Å². The van der Waals surface area contributed by atoms with Crippen LogP contribution in [0.4, 0.5) is 13.2 Å². The maximum atomic E-state index is 13.7. The smallest absolute Gasteiger partial charge is 0.416 e. The van der Waals surface area contributed by atoms with Crippen LogP contribution in [-0.2, 0) is 25.6 Å². The monoisotopic (exact) mass is 565 g/mol. The molecule has 1 aromatic heterocycles. The fourth-order valence-electron chi connectivity index (χ4n) is 5.13. The van der Waals surface area contributed by atoms with Crippen molar-refractivity contribution in [2.45, 2.75) is 32.5 Å². The van der Waals surface area contributed by atoms with Crippen LogP contribution in [0.2, 0.25) is 0 Å². The van der Waals surface area contributed by atoms with E-state index in [0.29, 0.717) is 17.9 Å². The molecule has 8 nitrogen and oxygen atoms in total. The van der Waals surface area contributed by atoms with Crippen molar-refractivity contribution in [2.75, 3.05) is 20.8 Å². The number of imide groups is 1. The Morgan fingerprint density at radius 2 is 1.49 bits per heavy atom. The second-order valence-electron chi connectivity index (χ2n) is 9.61. The van der Waals surface area contributed by atoms with Crippen LogP contribution >= 0.6 is 0 Å². The highest BCUT2D eigenvalue weighted by Gasteiger charge is 2.36. The number of hydrogen-bond acceptors (Lipinski definition) is 6. The Morgan fingerprint density at radius 3 is 2.10 bits per heavy atom. The number of aryl methyl sites for hydroxylation is 2. The maximum Gasteiger partial charge on any atom is 0.416 e. The van der Waals surface area contributed by atoms with Crippen LogP contribution in [0.1, 0.15) is 43.2 Å². The zero-order chi connectivity index (χ0) is 29.5. The molecule has 0 saturated heterocycles. The number of halogens is 3. The highest BCUT2D eigenvalue weighted by Crippen LogP contribution is 2.34. The molecule has 212 valence electrons. The van der Waals surface area contributed by atoms with Gasteiger partial charge in [0.05, 0.1) is 41.8 Å². The van der Waals surface area contributed by atoms with E-state index in [-0.39, 0.29) is 52.9 Å². The molecule has 0 atom stereocenters. The summed E-state index contributed by atoms with van der Waals surface area (Å²) in [6.45, 7) is 1.33. The molecule has 1 aliphatic heterocycles. The molecule has 0 bridgehead atoms. The molecule has 41 heavy (non-hydrogen) atoms. The minimum absolute atomic E-state index is 0.0295. The first-order valence-electron chi connectivity index (χ1n) is 12.8. The summed E-state index contributed by atoms with van der Waals surface area (Å²) in [6.07, 6.45) is -4.28. The summed E-state index contributed by atoms with van der Waals surface area (Å²) in [5, 5.41) is 0.0484. The molecule has 2 heterocycles. The van der Waals surface area contributed by atoms with Gasteiger partial charge in [-0.05, 0) is 60.9 Å². The molecule has 0 saturated carbocycles. The second-order valence-corrected chi connectivity index (χ2v) is 9.61. The highest BCUT2D eigenvalue weighted by atomic mass is 19.4. The summed E-state index contributed by atoms with van der Waals surface area (Å²) in [7, 11) is 3.03. The Morgan fingerprint density at radius 1 is 0.829 bits per heavy atom. The molecule has 0 unspecified atom stereocenters. The van der Waals surface area contributed by atoms with E-state index < -0.39 is 29.1 Å². The first-order chi connectivity index (χ1) is 19.5. The fraction of sp³-hybridized carbons (Fsp3) is 0.267. The zero-order valence-corrected chi connectivity index (χ0v) is 22.5. The second kappa shape index (κ2) is 10.7. The number of carbonyl (C=O) groups is 2. The number of nitrogens with zero attached hydrogens (tertiary/aromatic N) is 3. The molecule has 3 aromatic carbocycles. The molecule has 0 fully saturated rings. The minimum Gasteiger partial charge on any atom is -0.493 e. The van der Waals surface area contributed by atoms with Crippen molar-refractivity contribution in [3.05, 3.63) is 98.6 Å². The van der Waals surface area contributed by atoms with E-state index in [2.05, 4.69) is 4.98 Å². The largest absolute Gasteiger partial charge is 0.493 e. The van der Waals surface area contributed by atoms with Gasteiger partial charge >= 0.3 is 6.18 Å². The van der Waals surface area contributed by atoms with Crippen molar-refractivity contribution in [3.8, 4) is 11.5 Å². The summed E-state index contributed by atoms with van der Waals surface area (Å²) < 4.78 is 52.9. The van der Waals surface area contributed by atoms with Gasteiger partial charge in [-0.25, -0.2) is 4.98 Å². The highest BCUT2D eigenvalue weighted by molar-refractivity contribution is 6.21. The SMILES string of the molecule is COc1ccc(CCn2c(CCN3C(=O)c4ccccc4C3=O)nc3c(C)c(C(F)(F)F)ccc3c2=O)cc1OC. The first kappa shape index (κ1) is 27.9. The third kappa shape index (κ3) is 5.03. The van der Waals surface area contributed by atoms with Gasteiger partial charge in [0.1, 0.15) is 5.82 Å². The minimum atomic E-state index is -4.62. The van der Waals surface area contributed by atoms with Gasteiger partial charge in [0, 0.05) is 19.5 Å². The van der Waals surface area contributed by atoms with Gasteiger partial charge in [-0.1, -0.05) is 18.2 Å². The van der Waals surface area contributed by atoms with Gasteiger partial charge in [-0.3, -0.25) is 23.9 Å². The Bertz CT molecular complexity index is 1710. The van der Waals surface area contributed by atoms with Gasteiger partial charge in [0.2, 0.25) is 0 Å². The molecule has 5 rings (SSSR count). The van der Waals surface area contributed by atoms with Crippen LogP contribution in [-0.4, -0.2) is 47.0 Å². The third-order valence-electron chi connectivity index (χ3n) is 7.27. The number of aromatic nitrogens is 2.